The Morgan fingerprint density at radius 3 is 1.75 bits per heavy atom. The smallest absolute Gasteiger partial charge is 0.248 e. The fourth-order valence-electron chi connectivity index (χ4n) is 2.83. The van der Waals surface area contributed by atoms with E-state index in [1.54, 1.807) is 0 Å². The molecule has 0 aromatic rings. The molecule has 2 nitrogen and oxygen atoms in total. The Morgan fingerprint density at radius 1 is 0.792 bits per heavy atom. The Labute approximate surface area is 149 Å². The largest absolute Gasteiger partial charge is 0.454 e. The van der Waals surface area contributed by atoms with Gasteiger partial charge in [-0.1, -0.05) is 34.9 Å². The van der Waals surface area contributed by atoms with Crippen LogP contribution in [0.5, 0.6) is 0 Å². The Hall–Kier alpha value is -1.44. The molecule has 0 bridgehead atoms. The van der Waals surface area contributed by atoms with E-state index in [2.05, 4.69) is 45.9 Å². The Kier molecular flexibility index (Phi) is 8.38. The maximum atomic E-state index is 5.82. The maximum absolute atomic E-state index is 5.82. The number of rotatable bonds is 9. The van der Waals surface area contributed by atoms with Crippen LogP contribution in [0.1, 0.15) is 87.0 Å². The summed E-state index contributed by atoms with van der Waals surface area (Å²) in [5, 5.41) is 0. The molecule has 24 heavy (non-hydrogen) atoms. The number of ether oxygens (including phenoxy) is 2. The predicted octanol–water partition coefficient (Wildman–Crippen LogP) is 7.20. The lowest BCUT2D eigenvalue weighted by atomic mass is 10.0. The second-order valence-corrected chi connectivity index (χ2v) is 7.45. The molecule has 2 heteroatoms. The molecule has 136 valence electrons. The number of allylic oxidation sites excluding steroid dienone is 8. The van der Waals surface area contributed by atoms with Gasteiger partial charge in [-0.15, -0.1) is 0 Å². The van der Waals surface area contributed by atoms with Gasteiger partial charge in [0.2, 0.25) is 5.79 Å². The summed E-state index contributed by atoms with van der Waals surface area (Å²) in [6, 6.07) is 0. The van der Waals surface area contributed by atoms with Crippen LogP contribution in [0.3, 0.4) is 0 Å². The first-order valence-electron chi connectivity index (χ1n) is 9.22. The van der Waals surface area contributed by atoms with Crippen molar-refractivity contribution in [1.82, 2.24) is 0 Å². The summed E-state index contributed by atoms with van der Waals surface area (Å²) in [5.41, 5.74) is 4.36. The minimum atomic E-state index is -0.480. The highest BCUT2D eigenvalue weighted by atomic mass is 16.7. The molecule has 1 aliphatic heterocycles. The van der Waals surface area contributed by atoms with Crippen molar-refractivity contribution in [1.29, 1.82) is 0 Å². The summed E-state index contributed by atoms with van der Waals surface area (Å²) < 4.78 is 11.6. The molecular weight excluding hydrogens is 296 g/mol. The summed E-state index contributed by atoms with van der Waals surface area (Å²) in [6.45, 7) is 14.7. The quantitative estimate of drug-likeness (QED) is 0.416. The molecule has 0 N–H and O–H groups in total. The number of hydrogen-bond donors (Lipinski definition) is 0. The fourth-order valence-corrected chi connectivity index (χ4v) is 2.83. The zero-order valence-electron chi connectivity index (χ0n) is 16.8. The highest BCUT2D eigenvalue weighted by Crippen LogP contribution is 2.33. The lowest BCUT2D eigenvalue weighted by Crippen LogP contribution is -2.25. The first-order chi connectivity index (χ1) is 11.2. The molecule has 1 rings (SSSR count). The van der Waals surface area contributed by atoms with Crippen molar-refractivity contribution in [3.63, 3.8) is 0 Å². The molecular formula is C22H36O2. The van der Waals surface area contributed by atoms with E-state index in [4.69, 9.17) is 9.47 Å². The minimum Gasteiger partial charge on any atom is -0.454 e. The van der Waals surface area contributed by atoms with E-state index in [9.17, 15) is 0 Å². The SMILES string of the molecule is CC(C)=CCCC(C)=CCCC(C)=CCCC1(C)OC(C)=C(C)O1. The molecule has 0 fully saturated rings. The van der Waals surface area contributed by atoms with Crippen molar-refractivity contribution in [3.8, 4) is 0 Å². The van der Waals surface area contributed by atoms with Gasteiger partial charge >= 0.3 is 0 Å². The van der Waals surface area contributed by atoms with Crippen LogP contribution in [-0.4, -0.2) is 5.79 Å². The van der Waals surface area contributed by atoms with Crippen LogP contribution in [0, 0.1) is 0 Å². The molecule has 0 aromatic heterocycles. The lowest BCUT2D eigenvalue weighted by molar-refractivity contribution is -0.142. The van der Waals surface area contributed by atoms with Crippen molar-refractivity contribution in [3.05, 3.63) is 46.5 Å². The summed E-state index contributed by atoms with van der Waals surface area (Å²) >= 11 is 0. The zero-order chi connectivity index (χ0) is 18.2. The Balaban J connectivity index is 2.27. The molecule has 0 atom stereocenters. The van der Waals surface area contributed by atoms with Crippen LogP contribution < -0.4 is 0 Å². The third-order valence-corrected chi connectivity index (χ3v) is 4.45. The first kappa shape index (κ1) is 20.6. The van der Waals surface area contributed by atoms with Gasteiger partial charge in [0.15, 0.2) is 0 Å². The summed E-state index contributed by atoms with van der Waals surface area (Å²) in [5.74, 6) is 1.34. The summed E-state index contributed by atoms with van der Waals surface area (Å²) in [7, 11) is 0. The van der Waals surface area contributed by atoms with Crippen LogP contribution in [0.25, 0.3) is 0 Å². The fraction of sp³-hybridized carbons (Fsp3) is 0.636. The van der Waals surface area contributed by atoms with Gasteiger partial charge in [-0.3, -0.25) is 0 Å². The molecule has 0 radical (unpaired) electrons. The third-order valence-electron chi connectivity index (χ3n) is 4.45. The van der Waals surface area contributed by atoms with Crippen LogP contribution in [-0.2, 0) is 9.47 Å². The van der Waals surface area contributed by atoms with Gasteiger partial charge in [-0.2, -0.15) is 0 Å². The molecule has 0 spiro atoms. The Morgan fingerprint density at radius 2 is 1.25 bits per heavy atom. The molecule has 0 aromatic carbocycles. The lowest BCUT2D eigenvalue weighted by Gasteiger charge is -2.23. The average molecular weight is 333 g/mol. The maximum Gasteiger partial charge on any atom is 0.248 e. The summed E-state index contributed by atoms with van der Waals surface area (Å²) in [6.07, 6.45) is 13.5. The number of hydrogen-bond acceptors (Lipinski definition) is 2. The monoisotopic (exact) mass is 332 g/mol. The zero-order valence-corrected chi connectivity index (χ0v) is 16.8. The van der Waals surface area contributed by atoms with Crippen molar-refractivity contribution in [2.45, 2.75) is 92.8 Å². The van der Waals surface area contributed by atoms with E-state index in [-0.39, 0.29) is 0 Å². The Bertz CT molecular complexity index is 514. The van der Waals surface area contributed by atoms with E-state index in [0.29, 0.717) is 0 Å². The van der Waals surface area contributed by atoms with E-state index in [0.717, 1.165) is 43.6 Å². The molecule has 0 amide bonds. The van der Waals surface area contributed by atoms with Gasteiger partial charge in [0.05, 0.1) is 0 Å². The van der Waals surface area contributed by atoms with Gasteiger partial charge in [0.1, 0.15) is 11.5 Å². The minimum absolute atomic E-state index is 0.480. The van der Waals surface area contributed by atoms with Crippen LogP contribution in [0.15, 0.2) is 46.5 Å². The van der Waals surface area contributed by atoms with Gasteiger partial charge in [-0.05, 0) is 73.6 Å². The van der Waals surface area contributed by atoms with Crippen LogP contribution in [0.4, 0.5) is 0 Å². The highest BCUT2D eigenvalue weighted by molar-refractivity contribution is 5.06. The van der Waals surface area contributed by atoms with Gasteiger partial charge < -0.3 is 9.47 Å². The van der Waals surface area contributed by atoms with E-state index < -0.39 is 5.79 Å². The van der Waals surface area contributed by atoms with Gasteiger partial charge in [0, 0.05) is 13.3 Å². The topological polar surface area (TPSA) is 18.5 Å². The van der Waals surface area contributed by atoms with Crippen molar-refractivity contribution in [2.24, 2.45) is 0 Å². The van der Waals surface area contributed by atoms with E-state index >= 15 is 0 Å². The van der Waals surface area contributed by atoms with Gasteiger partial charge in [-0.25, -0.2) is 0 Å². The van der Waals surface area contributed by atoms with E-state index in [1.807, 2.05) is 20.8 Å². The van der Waals surface area contributed by atoms with Crippen molar-refractivity contribution < 1.29 is 9.47 Å². The average Bonchev–Trinajstić information content (AvgIpc) is 2.71. The normalized spacial score (nSPS) is 17.6. The summed E-state index contributed by atoms with van der Waals surface area (Å²) in [4.78, 5) is 0. The molecule has 0 aliphatic carbocycles. The third kappa shape index (κ3) is 7.90. The molecule has 1 heterocycles. The van der Waals surface area contributed by atoms with Crippen molar-refractivity contribution in [2.75, 3.05) is 0 Å². The second-order valence-electron chi connectivity index (χ2n) is 7.45. The first-order valence-corrected chi connectivity index (χ1v) is 9.22. The highest BCUT2D eigenvalue weighted by Gasteiger charge is 2.34. The second kappa shape index (κ2) is 9.76. The van der Waals surface area contributed by atoms with Crippen LogP contribution >= 0.6 is 0 Å². The van der Waals surface area contributed by atoms with Gasteiger partial charge in [0.25, 0.3) is 0 Å². The van der Waals surface area contributed by atoms with E-state index in [1.165, 1.54) is 23.1 Å². The van der Waals surface area contributed by atoms with Crippen LogP contribution in [0.2, 0.25) is 0 Å². The molecule has 0 saturated heterocycles. The molecule has 0 unspecified atom stereocenters. The molecule has 0 saturated carbocycles. The molecule has 1 aliphatic rings. The standard InChI is InChI=1S/C22H36O2/c1-17(2)11-8-12-18(3)13-9-14-19(4)15-10-16-22(7)23-20(5)21(6)24-22/h11,13,15H,8-10,12,14,16H2,1-7H3. The van der Waals surface area contributed by atoms with Crippen molar-refractivity contribution >= 4 is 0 Å². The predicted molar refractivity (Wildman–Crippen MR) is 104 cm³/mol.